The highest BCUT2D eigenvalue weighted by atomic mass is 16.2. The van der Waals surface area contributed by atoms with E-state index in [1.165, 1.54) is 11.6 Å². The molecule has 0 aliphatic carbocycles. The van der Waals surface area contributed by atoms with E-state index in [9.17, 15) is 14.4 Å². The second kappa shape index (κ2) is 7.75. The van der Waals surface area contributed by atoms with Crippen LogP contribution in [0, 0.1) is 5.92 Å². The lowest BCUT2D eigenvalue weighted by Gasteiger charge is -2.18. The van der Waals surface area contributed by atoms with Crippen LogP contribution in [0.25, 0.3) is 0 Å². The van der Waals surface area contributed by atoms with Crippen molar-refractivity contribution in [2.75, 3.05) is 31.1 Å². The molecule has 1 aromatic rings. The third-order valence-electron chi connectivity index (χ3n) is 3.92. The molecule has 1 atom stereocenters. The Balaban J connectivity index is 1.75. The van der Waals surface area contributed by atoms with Gasteiger partial charge in [0.05, 0.1) is 11.9 Å². The first-order valence-electron chi connectivity index (χ1n) is 7.75. The Hall–Kier alpha value is -2.38. The van der Waals surface area contributed by atoms with Gasteiger partial charge >= 0.3 is 0 Å². The lowest BCUT2D eigenvalue weighted by molar-refractivity contribution is -0.121. The maximum Gasteiger partial charge on any atom is 0.268 e. The Morgan fingerprint density at radius 1 is 1.39 bits per heavy atom. The fourth-order valence-corrected chi connectivity index (χ4v) is 2.57. The summed E-state index contributed by atoms with van der Waals surface area (Å²) in [7, 11) is 1.62. The first kappa shape index (κ1) is 17.0. The van der Waals surface area contributed by atoms with Gasteiger partial charge in [0.15, 0.2) is 0 Å². The predicted molar refractivity (Wildman–Crippen MR) is 86.1 cm³/mol. The minimum Gasteiger partial charge on any atom is -0.370 e. The van der Waals surface area contributed by atoms with Gasteiger partial charge in [-0.1, -0.05) is 0 Å². The minimum atomic E-state index is -0.133. The molecule has 2 N–H and O–H groups in total. The zero-order valence-electron chi connectivity index (χ0n) is 13.5. The number of rotatable bonds is 6. The molecule has 0 spiro atoms. The highest BCUT2D eigenvalue weighted by molar-refractivity contribution is 5.77. The molecule has 1 aliphatic heterocycles. The van der Waals surface area contributed by atoms with E-state index in [1.54, 1.807) is 19.3 Å². The second-order valence-electron chi connectivity index (χ2n) is 5.81. The van der Waals surface area contributed by atoms with E-state index in [1.807, 2.05) is 0 Å². The molecule has 1 saturated heterocycles. The van der Waals surface area contributed by atoms with Crippen molar-refractivity contribution >= 4 is 17.5 Å². The molecule has 1 aliphatic rings. The van der Waals surface area contributed by atoms with Crippen molar-refractivity contribution in [3.05, 3.63) is 22.6 Å². The highest BCUT2D eigenvalue weighted by Crippen LogP contribution is 2.21. The van der Waals surface area contributed by atoms with Gasteiger partial charge in [0.2, 0.25) is 11.8 Å². The lowest BCUT2D eigenvalue weighted by Crippen LogP contribution is -2.33. The number of carbonyl (C=O) groups is 2. The standard InChI is InChI=1S/C15H23N5O3/c1-11(21)16-5-3-14(22)17-8-12-4-6-20(10-12)13-7-15(23)19(2)18-9-13/h7,9,12H,3-6,8,10H2,1-2H3,(H,16,21)(H,17,22). The van der Waals surface area contributed by atoms with Crippen molar-refractivity contribution in [1.82, 2.24) is 20.4 Å². The van der Waals surface area contributed by atoms with E-state index in [0.29, 0.717) is 19.0 Å². The van der Waals surface area contributed by atoms with Gasteiger partial charge in [-0.05, 0) is 12.3 Å². The Labute approximate surface area is 134 Å². The van der Waals surface area contributed by atoms with Gasteiger partial charge in [0.1, 0.15) is 0 Å². The molecular formula is C15H23N5O3. The van der Waals surface area contributed by atoms with Gasteiger partial charge in [-0.15, -0.1) is 0 Å². The zero-order chi connectivity index (χ0) is 16.8. The molecule has 2 amide bonds. The van der Waals surface area contributed by atoms with Crippen LogP contribution in [-0.2, 0) is 16.6 Å². The zero-order valence-corrected chi connectivity index (χ0v) is 13.5. The predicted octanol–water partition coefficient (Wildman–Crippen LogP) is -0.751. The van der Waals surface area contributed by atoms with E-state index in [0.717, 1.165) is 25.2 Å². The number of aromatic nitrogens is 2. The monoisotopic (exact) mass is 321 g/mol. The summed E-state index contributed by atoms with van der Waals surface area (Å²) in [5.41, 5.74) is 0.699. The number of hydrogen-bond acceptors (Lipinski definition) is 5. The van der Waals surface area contributed by atoms with Crippen molar-refractivity contribution in [2.45, 2.75) is 19.8 Å². The summed E-state index contributed by atoms with van der Waals surface area (Å²) in [5.74, 6) is 0.156. The summed E-state index contributed by atoms with van der Waals surface area (Å²) in [6, 6.07) is 1.58. The van der Waals surface area contributed by atoms with Crippen molar-refractivity contribution in [3.63, 3.8) is 0 Å². The van der Waals surface area contributed by atoms with Crippen molar-refractivity contribution in [2.24, 2.45) is 13.0 Å². The Morgan fingerprint density at radius 3 is 2.87 bits per heavy atom. The molecule has 0 saturated carbocycles. The molecule has 2 heterocycles. The molecule has 8 heteroatoms. The molecule has 2 rings (SSSR count). The Bertz CT molecular complexity index is 628. The molecule has 0 bridgehead atoms. The summed E-state index contributed by atoms with van der Waals surface area (Å²) < 4.78 is 1.30. The van der Waals surface area contributed by atoms with Crippen molar-refractivity contribution in [1.29, 1.82) is 0 Å². The maximum atomic E-state index is 11.7. The van der Waals surface area contributed by atoms with Gasteiger partial charge in [-0.3, -0.25) is 14.4 Å². The molecule has 1 fully saturated rings. The van der Waals surface area contributed by atoms with Crippen LogP contribution in [0.5, 0.6) is 0 Å². The van der Waals surface area contributed by atoms with Crippen molar-refractivity contribution in [3.8, 4) is 0 Å². The first-order chi connectivity index (χ1) is 11.0. The Morgan fingerprint density at radius 2 is 2.17 bits per heavy atom. The van der Waals surface area contributed by atoms with Crippen LogP contribution in [0.1, 0.15) is 19.8 Å². The fraction of sp³-hybridized carbons (Fsp3) is 0.600. The van der Waals surface area contributed by atoms with Gasteiger partial charge in [0.25, 0.3) is 5.56 Å². The quantitative estimate of drug-likeness (QED) is 0.719. The maximum absolute atomic E-state index is 11.7. The third-order valence-corrected chi connectivity index (χ3v) is 3.92. The van der Waals surface area contributed by atoms with E-state index >= 15 is 0 Å². The van der Waals surface area contributed by atoms with E-state index in [-0.39, 0.29) is 23.8 Å². The van der Waals surface area contributed by atoms with Crippen LogP contribution < -0.4 is 21.1 Å². The number of aryl methyl sites for hydroxylation is 1. The number of carbonyl (C=O) groups excluding carboxylic acids is 2. The van der Waals surface area contributed by atoms with Gasteiger partial charge in [-0.25, -0.2) is 4.68 Å². The fourth-order valence-electron chi connectivity index (χ4n) is 2.57. The molecule has 1 aromatic heterocycles. The topological polar surface area (TPSA) is 96.3 Å². The van der Waals surface area contributed by atoms with Crippen LogP contribution >= 0.6 is 0 Å². The first-order valence-corrected chi connectivity index (χ1v) is 7.75. The number of amides is 2. The number of nitrogens with one attached hydrogen (secondary N) is 2. The molecule has 23 heavy (non-hydrogen) atoms. The summed E-state index contributed by atoms with van der Waals surface area (Å²) in [6.07, 6.45) is 2.94. The molecule has 0 aromatic carbocycles. The summed E-state index contributed by atoms with van der Waals surface area (Å²) in [5, 5.41) is 9.52. The highest BCUT2D eigenvalue weighted by Gasteiger charge is 2.23. The minimum absolute atomic E-state index is 0.0625. The molecule has 126 valence electrons. The van der Waals surface area contributed by atoms with E-state index in [2.05, 4.69) is 20.6 Å². The largest absolute Gasteiger partial charge is 0.370 e. The smallest absolute Gasteiger partial charge is 0.268 e. The van der Waals surface area contributed by atoms with Gasteiger partial charge in [0, 0.05) is 52.6 Å². The summed E-state index contributed by atoms with van der Waals surface area (Å²) >= 11 is 0. The van der Waals surface area contributed by atoms with Crippen molar-refractivity contribution < 1.29 is 9.59 Å². The molecular weight excluding hydrogens is 298 g/mol. The van der Waals surface area contributed by atoms with Crippen LogP contribution in [-0.4, -0.2) is 47.8 Å². The summed E-state index contributed by atoms with van der Waals surface area (Å²) in [4.78, 5) is 36.2. The van der Waals surface area contributed by atoms with E-state index < -0.39 is 0 Å². The number of anilines is 1. The van der Waals surface area contributed by atoms with Gasteiger partial charge < -0.3 is 15.5 Å². The number of nitrogens with zero attached hydrogens (tertiary/aromatic N) is 3. The molecule has 8 nitrogen and oxygen atoms in total. The number of hydrogen-bond donors (Lipinski definition) is 2. The second-order valence-corrected chi connectivity index (χ2v) is 5.81. The van der Waals surface area contributed by atoms with Crippen LogP contribution in [0.4, 0.5) is 5.69 Å². The van der Waals surface area contributed by atoms with E-state index in [4.69, 9.17) is 0 Å². The van der Waals surface area contributed by atoms with Crippen LogP contribution in [0.3, 0.4) is 0 Å². The molecule has 0 radical (unpaired) electrons. The lowest BCUT2D eigenvalue weighted by atomic mass is 10.1. The summed E-state index contributed by atoms with van der Waals surface area (Å²) in [6.45, 7) is 4.03. The van der Waals surface area contributed by atoms with Gasteiger partial charge in [-0.2, -0.15) is 5.10 Å². The third kappa shape index (κ3) is 5.08. The SMILES string of the molecule is CC(=O)NCCC(=O)NCC1CCN(c2cnn(C)c(=O)c2)C1. The average Bonchev–Trinajstić information content (AvgIpc) is 2.96. The molecule has 1 unspecified atom stereocenters. The normalized spacial score (nSPS) is 17.1. The average molecular weight is 321 g/mol. The van der Waals surface area contributed by atoms with Crippen LogP contribution in [0.15, 0.2) is 17.1 Å². The van der Waals surface area contributed by atoms with Crippen LogP contribution in [0.2, 0.25) is 0 Å². The Kier molecular flexibility index (Phi) is 5.72.